The number of hydrogen-bond donors (Lipinski definition) is 1. The van der Waals surface area contributed by atoms with E-state index in [1.165, 1.54) is 19.6 Å². The van der Waals surface area contributed by atoms with Crippen LogP contribution in [0.25, 0.3) is 0 Å². The molecule has 0 aromatic heterocycles. The summed E-state index contributed by atoms with van der Waals surface area (Å²) in [6, 6.07) is 0. The number of piperazine rings is 1. The molecular weight excluding hydrogens is 138 g/mol. The molecule has 0 aromatic carbocycles. The van der Waals surface area contributed by atoms with Crippen molar-refractivity contribution in [3.63, 3.8) is 0 Å². The Morgan fingerprint density at radius 3 is 2.09 bits per heavy atom. The van der Waals surface area contributed by atoms with Crippen molar-refractivity contribution in [1.29, 1.82) is 0 Å². The number of nitrogens with zero attached hydrogens (tertiary/aromatic N) is 2. The smallest absolute Gasteiger partial charge is 0.109 e. The Morgan fingerprint density at radius 2 is 1.82 bits per heavy atom. The first-order chi connectivity index (χ1) is 5.21. The van der Waals surface area contributed by atoms with Gasteiger partial charge in [-0.15, -0.1) is 0 Å². The minimum absolute atomic E-state index is 1.15. The first-order valence-corrected chi connectivity index (χ1v) is 4.46. The van der Waals surface area contributed by atoms with Crippen LogP contribution in [0.4, 0.5) is 0 Å². The monoisotopic (exact) mass is 158 g/mol. The van der Waals surface area contributed by atoms with Gasteiger partial charge in [0.25, 0.3) is 0 Å². The second kappa shape index (κ2) is 3.52. The molecule has 66 valence electrons. The van der Waals surface area contributed by atoms with Crippen LogP contribution in [0.2, 0.25) is 0 Å². The summed E-state index contributed by atoms with van der Waals surface area (Å²) in [5.41, 5.74) is 0. The molecule has 3 nitrogen and oxygen atoms in total. The molecule has 1 aliphatic heterocycles. The van der Waals surface area contributed by atoms with E-state index in [4.69, 9.17) is 0 Å². The highest BCUT2D eigenvalue weighted by atomic mass is 15.7. The summed E-state index contributed by atoms with van der Waals surface area (Å²) in [5, 5.41) is 5.72. The van der Waals surface area contributed by atoms with Crippen molar-refractivity contribution in [2.75, 3.05) is 46.8 Å². The Morgan fingerprint density at radius 1 is 1.27 bits per heavy atom. The van der Waals surface area contributed by atoms with E-state index in [9.17, 15) is 0 Å². The minimum atomic E-state index is 1.15. The number of nitrogens with one attached hydrogen (secondary N) is 1. The average Bonchev–Trinajstić information content (AvgIpc) is 2.05. The molecule has 0 amide bonds. The molecule has 0 radical (unpaired) electrons. The van der Waals surface area contributed by atoms with Crippen molar-refractivity contribution in [2.24, 2.45) is 0 Å². The van der Waals surface area contributed by atoms with E-state index in [1.54, 1.807) is 0 Å². The zero-order valence-electron chi connectivity index (χ0n) is 7.93. The molecule has 1 saturated heterocycles. The zero-order valence-corrected chi connectivity index (χ0v) is 7.93. The van der Waals surface area contributed by atoms with Crippen LogP contribution in [-0.2, 0) is 0 Å². The first-order valence-electron chi connectivity index (χ1n) is 4.46. The fourth-order valence-corrected chi connectivity index (χ4v) is 1.81. The topological polar surface area (TPSA) is 15.3 Å². The predicted molar refractivity (Wildman–Crippen MR) is 47.1 cm³/mol. The van der Waals surface area contributed by atoms with Gasteiger partial charge < -0.3 is 5.32 Å². The van der Waals surface area contributed by atoms with Crippen LogP contribution in [0.15, 0.2) is 0 Å². The third-order valence-electron chi connectivity index (χ3n) is 2.85. The largest absolute Gasteiger partial charge is 0.306 e. The highest BCUT2D eigenvalue weighted by Gasteiger charge is 2.30. The summed E-state index contributed by atoms with van der Waals surface area (Å²) in [5.74, 6) is 0. The Bertz CT molecular complexity index is 117. The summed E-state index contributed by atoms with van der Waals surface area (Å²) in [6.45, 7) is 8.28. The lowest BCUT2D eigenvalue weighted by molar-refractivity contribution is -1.03. The van der Waals surface area contributed by atoms with Crippen molar-refractivity contribution in [1.82, 2.24) is 10.3 Å². The van der Waals surface area contributed by atoms with Crippen molar-refractivity contribution in [2.45, 2.75) is 6.92 Å². The molecule has 0 aromatic rings. The molecule has 0 saturated carbocycles. The van der Waals surface area contributed by atoms with E-state index < -0.39 is 0 Å². The van der Waals surface area contributed by atoms with Crippen LogP contribution in [0.3, 0.4) is 0 Å². The zero-order chi connectivity index (χ0) is 8.32. The summed E-state index contributed by atoms with van der Waals surface area (Å²) >= 11 is 0. The van der Waals surface area contributed by atoms with Crippen LogP contribution < -0.4 is 5.32 Å². The number of quaternary nitrogens is 1. The van der Waals surface area contributed by atoms with Crippen LogP contribution >= 0.6 is 0 Å². The van der Waals surface area contributed by atoms with E-state index in [1.807, 2.05) is 0 Å². The summed E-state index contributed by atoms with van der Waals surface area (Å²) in [6.07, 6.45) is 0. The maximum atomic E-state index is 3.39. The molecule has 0 bridgehead atoms. The Labute approximate surface area is 69.5 Å². The molecule has 1 N–H and O–H groups in total. The highest BCUT2D eigenvalue weighted by molar-refractivity contribution is 4.54. The van der Waals surface area contributed by atoms with Gasteiger partial charge in [-0.05, 0) is 6.92 Å². The second-order valence-corrected chi connectivity index (χ2v) is 3.46. The van der Waals surface area contributed by atoms with Gasteiger partial charge in [0, 0.05) is 27.2 Å². The van der Waals surface area contributed by atoms with Crippen LogP contribution in [-0.4, -0.2) is 56.4 Å². The maximum Gasteiger partial charge on any atom is 0.109 e. The Hall–Kier alpha value is -0.120. The van der Waals surface area contributed by atoms with E-state index in [2.05, 4.69) is 31.3 Å². The maximum absolute atomic E-state index is 3.39. The number of hydrogen-bond acceptors (Lipinski definition) is 2. The molecule has 1 fully saturated rings. The third kappa shape index (κ3) is 1.72. The molecule has 1 aliphatic rings. The van der Waals surface area contributed by atoms with Gasteiger partial charge in [0.2, 0.25) is 0 Å². The number of likely N-dealkylation sites (N-methyl/N-ethyl adjacent to an activating group) is 1. The van der Waals surface area contributed by atoms with Crippen LogP contribution in [0, 0.1) is 0 Å². The van der Waals surface area contributed by atoms with Crippen molar-refractivity contribution < 1.29 is 4.59 Å². The molecule has 1 heterocycles. The van der Waals surface area contributed by atoms with E-state index in [0.717, 1.165) is 17.7 Å². The fourth-order valence-electron chi connectivity index (χ4n) is 1.81. The normalized spacial score (nSPS) is 24.0. The molecule has 0 atom stereocenters. The van der Waals surface area contributed by atoms with Gasteiger partial charge in [0.05, 0.1) is 6.54 Å². The lowest BCUT2D eigenvalue weighted by Crippen LogP contribution is -2.64. The van der Waals surface area contributed by atoms with Gasteiger partial charge in [-0.25, -0.2) is 4.59 Å². The Kier molecular flexibility index (Phi) is 2.87. The van der Waals surface area contributed by atoms with Gasteiger partial charge in [0.15, 0.2) is 0 Å². The third-order valence-corrected chi connectivity index (χ3v) is 2.85. The standard InChI is InChI=1S/C8H20N3/c1-4-11(10(2)3)7-5-9-6-8-11/h9H,4-8H2,1-3H3/q+1. The molecule has 0 spiro atoms. The lowest BCUT2D eigenvalue weighted by atomic mass is 10.3. The number of rotatable bonds is 2. The summed E-state index contributed by atoms with van der Waals surface area (Å²) < 4.78 is 1.15. The minimum Gasteiger partial charge on any atom is -0.306 e. The van der Waals surface area contributed by atoms with Gasteiger partial charge in [-0.2, -0.15) is 5.01 Å². The summed E-state index contributed by atoms with van der Waals surface area (Å²) in [7, 11) is 4.35. The predicted octanol–water partition coefficient (Wildman–Crippen LogP) is -0.0971. The molecule has 0 unspecified atom stereocenters. The highest BCUT2D eigenvalue weighted by Crippen LogP contribution is 2.09. The summed E-state index contributed by atoms with van der Waals surface area (Å²) in [4.78, 5) is 0. The molecule has 0 aliphatic carbocycles. The van der Waals surface area contributed by atoms with Gasteiger partial charge in [-0.3, -0.25) is 0 Å². The molecule has 11 heavy (non-hydrogen) atoms. The van der Waals surface area contributed by atoms with Crippen LogP contribution in [0.5, 0.6) is 0 Å². The van der Waals surface area contributed by atoms with Gasteiger partial charge in [-0.1, -0.05) is 0 Å². The first kappa shape index (κ1) is 8.97. The Balaban J connectivity index is 2.57. The molecular formula is C8H20N3+. The quantitative estimate of drug-likeness (QED) is 0.565. The van der Waals surface area contributed by atoms with Gasteiger partial charge >= 0.3 is 0 Å². The van der Waals surface area contributed by atoms with E-state index in [0.29, 0.717) is 0 Å². The SMILES string of the molecule is CC[N+]1(N(C)C)CCNCC1. The van der Waals surface area contributed by atoms with Crippen molar-refractivity contribution >= 4 is 0 Å². The van der Waals surface area contributed by atoms with Gasteiger partial charge in [0.1, 0.15) is 13.1 Å². The van der Waals surface area contributed by atoms with Crippen molar-refractivity contribution in [3.8, 4) is 0 Å². The van der Waals surface area contributed by atoms with E-state index in [-0.39, 0.29) is 0 Å². The van der Waals surface area contributed by atoms with Crippen molar-refractivity contribution in [3.05, 3.63) is 0 Å². The van der Waals surface area contributed by atoms with E-state index >= 15 is 0 Å². The van der Waals surface area contributed by atoms with Crippen LogP contribution in [0.1, 0.15) is 6.92 Å². The lowest BCUT2D eigenvalue weighted by Gasteiger charge is -2.44. The fraction of sp³-hybridized carbons (Fsp3) is 1.00. The molecule has 3 heteroatoms. The molecule has 1 rings (SSSR count). The average molecular weight is 158 g/mol. The second-order valence-electron chi connectivity index (χ2n) is 3.46.